The molecule has 0 aromatic rings. The molecule has 1 saturated carbocycles. The maximum atomic E-state index is 10.7. The first kappa shape index (κ1) is 10.2. The summed E-state index contributed by atoms with van der Waals surface area (Å²) in [5, 5.41) is 10.7. The number of nitro groups is 1. The minimum Gasteiger partial charge on any atom is -0.304 e. The second-order valence-corrected chi connectivity index (χ2v) is 3.80. The van der Waals surface area contributed by atoms with Crippen LogP contribution in [-0.4, -0.2) is 25.1 Å². The summed E-state index contributed by atoms with van der Waals surface area (Å²) in [4.78, 5) is 21.0. The van der Waals surface area contributed by atoms with Gasteiger partial charge in [0.05, 0.1) is 0 Å². The topological polar surface area (TPSA) is 60.2 Å². The average molecular weight is 183 g/mol. The predicted molar refractivity (Wildman–Crippen MR) is 51.1 cm³/mol. The summed E-state index contributed by atoms with van der Waals surface area (Å²) < 4.78 is 0. The molecule has 0 aromatic heterocycles. The van der Waals surface area contributed by atoms with Crippen LogP contribution in [0.25, 0.3) is 0 Å². The highest BCUT2D eigenvalue weighted by molar-refractivity contribution is 6.19. The van der Waals surface area contributed by atoms with Gasteiger partial charge in [-0.1, -0.05) is 6.42 Å². The van der Waals surface area contributed by atoms with E-state index in [0.717, 1.165) is 25.5 Å². The van der Waals surface area contributed by atoms with Crippen LogP contribution in [0.5, 0.6) is 0 Å². The first-order chi connectivity index (χ1) is 6.16. The number of nitrogens with zero attached hydrogens (tertiary/aromatic N) is 1. The van der Waals surface area contributed by atoms with Crippen LogP contribution in [0.15, 0.2) is 0 Å². The number of aldehydes is 1. The maximum Gasteiger partial charge on any atom is 0.215 e. The van der Waals surface area contributed by atoms with E-state index in [-0.39, 0.29) is 16.7 Å². The molecule has 1 aliphatic rings. The third kappa shape index (κ3) is 2.29. The molecular weight excluding hydrogens is 169 g/mol. The SMILES string of the molecule is B[C@H](C=O)[C@@H]1CCCC[C@H]1[N+](=O)[O-]. The van der Waals surface area contributed by atoms with Crippen LogP contribution >= 0.6 is 0 Å². The van der Waals surface area contributed by atoms with Crippen molar-refractivity contribution in [2.24, 2.45) is 5.92 Å². The largest absolute Gasteiger partial charge is 0.304 e. The van der Waals surface area contributed by atoms with Gasteiger partial charge in [-0.25, -0.2) is 0 Å². The fourth-order valence-corrected chi connectivity index (χ4v) is 2.12. The highest BCUT2D eigenvalue weighted by atomic mass is 16.6. The van der Waals surface area contributed by atoms with Gasteiger partial charge < -0.3 is 4.79 Å². The van der Waals surface area contributed by atoms with Gasteiger partial charge in [-0.15, -0.1) is 0 Å². The highest BCUT2D eigenvalue weighted by Crippen LogP contribution is 2.32. The van der Waals surface area contributed by atoms with Crippen molar-refractivity contribution < 1.29 is 9.72 Å². The van der Waals surface area contributed by atoms with Gasteiger partial charge in [0.25, 0.3) is 0 Å². The molecule has 1 aliphatic carbocycles. The molecule has 0 aliphatic heterocycles. The second-order valence-electron chi connectivity index (χ2n) is 3.80. The van der Waals surface area contributed by atoms with E-state index < -0.39 is 6.04 Å². The monoisotopic (exact) mass is 183 g/mol. The standard InChI is InChI=1S/C8H14BNO3/c9-7(5-11)6-3-1-2-4-8(6)10(12)13/h5-8H,1-4,9H2/t6-,7+,8+/m0/s1. The van der Waals surface area contributed by atoms with Crippen molar-refractivity contribution in [3.8, 4) is 0 Å². The maximum absolute atomic E-state index is 10.7. The quantitative estimate of drug-likeness (QED) is 0.276. The van der Waals surface area contributed by atoms with Crippen molar-refractivity contribution in [3.05, 3.63) is 10.1 Å². The Bertz CT molecular complexity index is 210. The van der Waals surface area contributed by atoms with Gasteiger partial charge in [0.2, 0.25) is 6.04 Å². The molecule has 0 heterocycles. The average Bonchev–Trinajstić information content (AvgIpc) is 2.16. The molecule has 0 N–H and O–H groups in total. The number of rotatable bonds is 3. The third-order valence-electron chi connectivity index (χ3n) is 2.94. The molecule has 1 rings (SSSR count). The summed E-state index contributed by atoms with van der Waals surface area (Å²) in [6.45, 7) is 0. The molecule has 5 heteroatoms. The zero-order valence-electron chi connectivity index (χ0n) is 7.81. The molecule has 72 valence electrons. The van der Waals surface area contributed by atoms with Crippen LogP contribution in [0.1, 0.15) is 25.7 Å². The molecule has 0 bridgehead atoms. The zero-order chi connectivity index (χ0) is 9.84. The fourth-order valence-electron chi connectivity index (χ4n) is 2.12. The van der Waals surface area contributed by atoms with Crippen molar-refractivity contribution in [2.45, 2.75) is 37.5 Å². The van der Waals surface area contributed by atoms with E-state index >= 15 is 0 Å². The molecule has 1 fully saturated rings. The summed E-state index contributed by atoms with van der Waals surface area (Å²) in [7, 11) is 1.78. The van der Waals surface area contributed by atoms with E-state index in [1.165, 1.54) is 0 Å². The molecule has 4 nitrogen and oxygen atoms in total. The van der Waals surface area contributed by atoms with Gasteiger partial charge >= 0.3 is 0 Å². The van der Waals surface area contributed by atoms with E-state index in [0.29, 0.717) is 6.42 Å². The lowest BCUT2D eigenvalue weighted by atomic mass is 9.69. The number of carbonyl (C=O) groups excluding carboxylic acids is 1. The van der Waals surface area contributed by atoms with Gasteiger partial charge in [0.1, 0.15) is 14.1 Å². The fraction of sp³-hybridized carbons (Fsp3) is 0.875. The molecule has 0 radical (unpaired) electrons. The minimum atomic E-state index is -0.492. The van der Waals surface area contributed by atoms with Crippen molar-refractivity contribution in [1.29, 1.82) is 0 Å². The molecule has 3 atom stereocenters. The molecule has 0 amide bonds. The lowest BCUT2D eigenvalue weighted by molar-refractivity contribution is -0.535. The van der Waals surface area contributed by atoms with Crippen LogP contribution in [0.4, 0.5) is 0 Å². The first-order valence-corrected chi connectivity index (χ1v) is 4.75. The summed E-state index contributed by atoms with van der Waals surface area (Å²) in [5.74, 6) is -0.211. The number of hydrogen-bond donors (Lipinski definition) is 0. The zero-order valence-corrected chi connectivity index (χ0v) is 7.81. The van der Waals surface area contributed by atoms with Gasteiger partial charge in [0, 0.05) is 17.3 Å². The first-order valence-electron chi connectivity index (χ1n) is 4.75. The van der Waals surface area contributed by atoms with Gasteiger partial charge in [-0.3, -0.25) is 10.1 Å². The molecule has 0 spiro atoms. The Morgan fingerprint density at radius 3 is 2.62 bits per heavy atom. The Hall–Kier alpha value is -0.865. The summed E-state index contributed by atoms with van der Waals surface area (Å²) >= 11 is 0. The molecule has 0 aromatic carbocycles. The lowest BCUT2D eigenvalue weighted by Crippen LogP contribution is -2.35. The molecular formula is C8H14BNO3. The van der Waals surface area contributed by atoms with E-state index in [9.17, 15) is 14.9 Å². The molecule has 0 unspecified atom stereocenters. The van der Waals surface area contributed by atoms with E-state index in [1.54, 1.807) is 7.85 Å². The molecule has 13 heavy (non-hydrogen) atoms. The van der Waals surface area contributed by atoms with Crippen molar-refractivity contribution >= 4 is 14.1 Å². The Labute approximate surface area is 78.3 Å². The van der Waals surface area contributed by atoms with Crippen LogP contribution < -0.4 is 0 Å². The number of carbonyl (C=O) groups is 1. The van der Waals surface area contributed by atoms with Gasteiger partial charge in [0.15, 0.2) is 0 Å². The number of hydrogen-bond acceptors (Lipinski definition) is 3. The Morgan fingerprint density at radius 2 is 2.08 bits per heavy atom. The smallest absolute Gasteiger partial charge is 0.215 e. The second kappa shape index (κ2) is 4.39. The molecule has 0 saturated heterocycles. The Balaban J connectivity index is 2.66. The predicted octanol–water partition coefficient (Wildman–Crippen LogP) is 0.442. The van der Waals surface area contributed by atoms with Crippen molar-refractivity contribution in [1.82, 2.24) is 0 Å². The van der Waals surface area contributed by atoms with E-state index in [2.05, 4.69) is 0 Å². The summed E-state index contributed by atoms with van der Waals surface area (Å²) in [6.07, 6.45) is 4.24. The summed E-state index contributed by atoms with van der Waals surface area (Å²) in [6, 6.07) is -0.492. The van der Waals surface area contributed by atoms with Crippen LogP contribution in [-0.2, 0) is 4.79 Å². The van der Waals surface area contributed by atoms with Crippen molar-refractivity contribution in [2.75, 3.05) is 0 Å². The summed E-state index contributed by atoms with van der Waals surface area (Å²) in [5.41, 5.74) is 0. The minimum absolute atomic E-state index is 0.0405. The van der Waals surface area contributed by atoms with Crippen LogP contribution in [0.2, 0.25) is 5.82 Å². The normalized spacial score (nSPS) is 30.8. The van der Waals surface area contributed by atoms with E-state index in [1.807, 2.05) is 0 Å². The Morgan fingerprint density at radius 1 is 1.46 bits per heavy atom. The van der Waals surface area contributed by atoms with Gasteiger partial charge in [-0.05, 0) is 18.7 Å². The van der Waals surface area contributed by atoms with Crippen LogP contribution in [0.3, 0.4) is 0 Å². The van der Waals surface area contributed by atoms with Crippen molar-refractivity contribution in [3.63, 3.8) is 0 Å². The van der Waals surface area contributed by atoms with Crippen LogP contribution in [0, 0.1) is 16.0 Å². The van der Waals surface area contributed by atoms with Gasteiger partial charge in [-0.2, -0.15) is 0 Å². The highest BCUT2D eigenvalue weighted by Gasteiger charge is 2.36. The lowest BCUT2D eigenvalue weighted by Gasteiger charge is -2.27. The van der Waals surface area contributed by atoms with E-state index in [4.69, 9.17) is 0 Å². The Kier molecular flexibility index (Phi) is 3.45. The third-order valence-corrected chi connectivity index (χ3v) is 2.94.